The van der Waals surface area contributed by atoms with Gasteiger partial charge in [-0.05, 0) is 61.4 Å². The van der Waals surface area contributed by atoms with Gasteiger partial charge in [-0.2, -0.15) is 18.2 Å². The third-order valence-electron chi connectivity index (χ3n) is 6.99. The molecule has 1 fully saturated rings. The number of sulfone groups is 1. The third-order valence-corrected chi connectivity index (χ3v) is 9.22. The molecule has 0 bridgehead atoms. The Morgan fingerprint density at radius 1 is 1.09 bits per heavy atom. The minimum absolute atomic E-state index is 0.102. The molecule has 0 spiro atoms. The second-order valence-corrected chi connectivity index (χ2v) is 13.1. The SMILES string of the molecule is CCS(=O)(=O)c1ccc(N(CC(=O)Nc2cc(Cl)c(C3(c4noc(-c5ccc(F)cc5)n4)CC3)c(Cl)c2)CC(F)(F)F)cn1. The van der Waals surface area contributed by atoms with Gasteiger partial charge in [-0.25, -0.2) is 17.8 Å². The van der Waals surface area contributed by atoms with Crippen LogP contribution in [-0.2, 0) is 20.0 Å². The molecule has 1 amide bonds. The van der Waals surface area contributed by atoms with Crippen LogP contribution >= 0.6 is 23.2 Å². The Hall–Kier alpha value is -3.75. The Morgan fingerprint density at radius 3 is 2.30 bits per heavy atom. The van der Waals surface area contributed by atoms with Gasteiger partial charge in [-0.3, -0.25) is 4.79 Å². The number of halogens is 6. The van der Waals surface area contributed by atoms with Gasteiger partial charge in [0.15, 0.2) is 20.7 Å². The van der Waals surface area contributed by atoms with Gasteiger partial charge in [0.05, 0.1) is 29.6 Å². The summed E-state index contributed by atoms with van der Waals surface area (Å²) in [6.45, 7) is -0.815. The molecule has 1 aliphatic carbocycles. The number of carbonyl (C=O) groups is 1. The summed E-state index contributed by atoms with van der Waals surface area (Å²) in [6, 6.07) is 10.6. The lowest BCUT2D eigenvalue weighted by Gasteiger charge is -2.25. The number of hydrogen-bond donors (Lipinski definition) is 1. The fourth-order valence-corrected chi connectivity index (χ4v) is 6.29. The Morgan fingerprint density at radius 2 is 1.75 bits per heavy atom. The van der Waals surface area contributed by atoms with Crippen molar-refractivity contribution < 1.29 is 35.3 Å². The summed E-state index contributed by atoms with van der Waals surface area (Å²) in [5.41, 5.74) is 0.298. The molecule has 44 heavy (non-hydrogen) atoms. The molecule has 0 radical (unpaired) electrons. The lowest BCUT2D eigenvalue weighted by Crippen LogP contribution is -2.40. The minimum Gasteiger partial charge on any atom is -0.352 e. The van der Waals surface area contributed by atoms with Crippen molar-refractivity contribution in [1.82, 2.24) is 15.1 Å². The molecule has 16 heteroatoms. The Balaban J connectivity index is 1.34. The topological polar surface area (TPSA) is 118 Å². The van der Waals surface area contributed by atoms with Crippen molar-refractivity contribution in [1.29, 1.82) is 0 Å². The molecule has 2 heterocycles. The number of rotatable bonds is 10. The van der Waals surface area contributed by atoms with Gasteiger partial charge in [0.1, 0.15) is 12.4 Å². The largest absolute Gasteiger partial charge is 0.405 e. The van der Waals surface area contributed by atoms with E-state index in [0.717, 1.165) is 23.2 Å². The number of amides is 1. The number of pyridine rings is 1. The number of nitrogens with zero attached hydrogens (tertiary/aromatic N) is 4. The summed E-state index contributed by atoms with van der Waals surface area (Å²) in [5, 5.41) is 6.65. The van der Waals surface area contributed by atoms with Gasteiger partial charge in [-0.15, -0.1) is 0 Å². The number of nitrogens with one attached hydrogen (secondary N) is 1. The van der Waals surface area contributed by atoms with E-state index in [1.807, 2.05) is 0 Å². The highest BCUT2D eigenvalue weighted by molar-refractivity contribution is 7.91. The second-order valence-electron chi connectivity index (χ2n) is 10.1. The zero-order chi connectivity index (χ0) is 31.9. The van der Waals surface area contributed by atoms with E-state index in [0.29, 0.717) is 29.8 Å². The average molecular weight is 672 g/mol. The molecule has 9 nitrogen and oxygen atoms in total. The summed E-state index contributed by atoms with van der Waals surface area (Å²) in [6.07, 6.45) is -2.51. The normalized spacial score (nSPS) is 14.3. The molecule has 232 valence electrons. The van der Waals surface area contributed by atoms with Gasteiger partial charge in [0, 0.05) is 26.9 Å². The molecule has 5 rings (SSSR count). The monoisotopic (exact) mass is 671 g/mol. The molecule has 0 unspecified atom stereocenters. The van der Waals surface area contributed by atoms with Gasteiger partial charge in [0.25, 0.3) is 5.89 Å². The van der Waals surface area contributed by atoms with Crippen LogP contribution in [0.1, 0.15) is 31.2 Å². The van der Waals surface area contributed by atoms with Crippen molar-refractivity contribution in [2.24, 2.45) is 0 Å². The fourth-order valence-electron chi connectivity index (χ4n) is 4.66. The van der Waals surface area contributed by atoms with Gasteiger partial charge in [0.2, 0.25) is 5.91 Å². The van der Waals surface area contributed by atoms with Crippen LogP contribution in [0.15, 0.2) is 64.3 Å². The second kappa shape index (κ2) is 12.0. The highest BCUT2D eigenvalue weighted by atomic mass is 35.5. The predicted molar refractivity (Wildman–Crippen MR) is 155 cm³/mol. The first-order valence-electron chi connectivity index (χ1n) is 13.1. The van der Waals surface area contributed by atoms with Crippen LogP contribution in [0.5, 0.6) is 0 Å². The Labute approximate surface area is 259 Å². The van der Waals surface area contributed by atoms with E-state index in [1.165, 1.54) is 43.3 Å². The number of benzene rings is 2. The van der Waals surface area contributed by atoms with Crippen LogP contribution in [-0.4, -0.2) is 54.5 Å². The van der Waals surface area contributed by atoms with Gasteiger partial charge >= 0.3 is 6.18 Å². The Kier molecular flexibility index (Phi) is 8.62. The van der Waals surface area contributed by atoms with Crippen LogP contribution in [0.4, 0.5) is 28.9 Å². The molecule has 4 aromatic rings. The molecule has 2 aromatic heterocycles. The van der Waals surface area contributed by atoms with Crippen molar-refractivity contribution in [3.05, 3.63) is 82.0 Å². The molecule has 0 aliphatic heterocycles. The zero-order valence-electron chi connectivity index (χ0n) is 22.8. The quantitative estimate of drug-likeness (QED) is 0.191. The van der Waals surface area contributed by atoms with Crippen molar-refractivity contribution in [3.63, 3.8) is 0 Å². The molecular weight excluding hydrogens is 649 g/mol. The van der Waals surface area contributed by atoms with Crippen molar-refractivity contribution in [2.75, 3.05) is 29.1 Å². The minimum atomic E-state index is -4.67. The van der Waals surface area contributed by atoms with Crippen molar-refractivity contribution in [3.8, 4) is 11.5 Å². The van der Waals surface area contributed by atoms with E-state index >= 15 is 0 Å². The standard InChI is InChI=1S/C28H23Cl2F4N5O4S/c1-2-44(41,42)23-8-7-19(13-35-23)39(15-28(32,33)34)14-22(40)36-18-11-20(29)24(21(30)12-18)27(9-10-27)26-37-25(43-38-26)16-3-5-17(31)6-4-16/h3-8,11-13H,2,9-10,14-15H2,1H3,(H,36,40). The van der Waals surface area contributed by atoms with Gasteiger partial charge in [-0.1, -0.05) is 35.3 Å². The highest BCUT2D eigenvalue weighted by Gasteiger charge is 2.52. The van der Waals surface area contributed by atoms with E-state index in [4.69, 9.17) is 27.7 Å². The van der Waals surface area contributed by atoms with E-state index in [2.05, 4.69) is 20.4 Å². The van der Waals surface area contributed by atoms with Crippen molar-refractivity contribution >= 4 is 50.3 Å². The summed E-state index contributed by atoms with van der Waals surface area (Å²) >= 11 is 13.2. The lowest BCUT2D eigenvalue weighted by molar-refractivity contribution is -0.122. The van der Waals surface area contributed by atoms with E-state index in [9.17, 15) is 30.8 Å². The number of anilines is 2. The molecular formula is C28H23Cl2F4N5O4S. The maximum atomic E-state index is 13.4. The molecule has 0 saturated heterocycles. The van der Waals surface area contributed by atoms with Crippen LogP contribution in [0.25, 0.3) is 11.5 Å². The summed E-state index contributed by atoms with van der Waals surface area (Å²) < 4.78 is 82.8. The van der Waals surface area contributed by atoms with E-state index < -0.39 is 46.2 Å². The molecule has 2 aromatic carbocycles. The number of hydrogen-bond acceptors (Lipinski definition) is 8. The lowest BCUT2D eigenvalue weighted by atomic mass is 9.94. The summed E-state index contributed by atoms with van der Waals surface area (Å²) in [5.74, 6) is -0.955. The van der Waals surface area contributed by atoms with Crippen molar-refractivity contribution in [2.45, 2.75) is 36.4 Å². The Bertz CT molecular complexity index is 1770. The van der Waals surface area contributed by atoms with Crippen LogP contribution in [0, 0.1) is 5.82 Å². The van der Waals surface area contributed by atoms with Crippen LogP contribution in [0.3, 0.4) is 0 Å². The van der Waals surface area contributed by atoms with E-state index in [1.54, 1.807) is 0 Å². The first-order chi connectivity index (χ1) is 20.7. The highest BCUT2D eigenvalue weighted by Crippen LogP contribution is 2.57. The first kappa shape index (κ1) is 31.7. The smallest absolute Gasteiger partial charge is 0.352 e. The fraction of sp³-hybridized carbons (Fsp3) is 0.286. The molecule has 1 saturated carbocycles. The van der Waals surface area contributed by atoms with Crippen LogP contribution in [0.2, 0.25) is 10.0 Å². The summed E-state index contributed by atoms with van der Waals surface area (Å²) in [4.78, 5) is 21.8. The maximum Gasteiger partial charge on any atom is 0.405 e. The number of alkyl halides is 3. The zero-order valence-corrected chi connectivity index (χ0v) is 25.2. The van der Waals surface area contributed by atoms with Crippen LogP contribution < -0.4 is 10.2 Å². The van der Waals surface area contributed by atoms with E-state index in [-0.39, 0.29) is 38.1 Å². The molecule has 0 atom stereocenters. The maximum absolute atomic E-state index is 13.4. The first-order valence-corrected chi connectivity index (χ1v) is 15.5. The molecule has 1 N–H and O–H groups in total. The molecule has 1 aliphatic rings. The predicted octanol–water partition coefficient (Wildman–Crippen LogP) is 6.46. The number of carbonyl (C=O) groups excluding carboxylic acids is 1. The number of aromatic nitrogens is 3. The third kappa shape index (κ3) is 6.81. The van der Waals surface area contributed by atoms with Gasteiger partial charge < -0.3 is 14.7 Å². The summed E-state index contributed by atoms with van der Waals surface area (Å²) in [7, 11) is -3.67. The average Bonchev–Trinajstić information content (AvgIpc) is 3.58.